The monoisotopic (exact) mass is 248 g/mol. The molecule has 0 aromatic heterocycles. The van der Waals surface area contributed by atoms with Crippen LogP contribution in [0.1, 0.15) is 33.6 Å². The van der Waals surface area contributed by atoms with Crippen molar-refractivity contribution >= 4 is 17.7 Å². The summed E-state index contributed by atoms with van der Waals surface area (Å²) in [6.45, 7) is 5.79. The standard InChI is InChI=1S/C11H24N2O2S/c1-8(9(7-14)16-4)13-10(15)5-6-11(2,3)12/h8-9,14H,5-7,12H2,1-4H3,(H,13,15). The summed E-state index contributed by atoms with van der Waals surface area (Å²) in [6.07, 6.45) is 3.02. The zero-order valence-corrected chi connectivity index (χ0v) is 11.4. The van der Waals surface area contributed by atoms with Gasteiger partial charge in [0.15, 0.2) is 0 Å². The van der Waals surface area contributed by atoms with Gasteiger partial charge in [0.25, 0.3) is 0 Å². The fourth-order valence-corrected chi connectivity index (χ4v) is 1.92. The summed E-state index contributed by atoms with van der Waals surface area (Å²) in [5.74, 6) is -0.00137. The van der Waals surface area contributed by atoms with Crippen molar-refractivity contribution in [2.75, 3.05) is 12.9 Å². The maximum Gasteiger partial charge on any atom is 0.220 e. The van der Waals surface area contributed by atoms with E-state index < -0.39 is 0 Å². The van der Waals surface area contributed by atoms with Crippen LogP contribution in [0.5, 0.6) is 0 Å². The number of thioether (sulfide) groups is 1. The van der Waals surface area contributed by atoms with Crippen molar-refractivity contribution in [3.05, 3.63) is 0 Å². The number of aliphatic hydroxyl groups is 1. The molecule has 0 aliphatic heterocycles. The highest BCUT2D eigenvalue weighted by Gasteiger charge is 2.18. The van der Waals surface area contributed by atoms with E-state index in [0.717, 1.165) is 0 Å². The van der Waals surface area contributed by atoms with E-state index >= 15 is 0 Å². The molecule has 0 fully saturated rings. The van der Waals surface area contributed by atoms with Crippen molar-refractivity contribution < 1.29 is 9.90 Å². The highest BCUT2D eigenvalue weighted by Crippen LogP contribution is 2.11. The summed E-state index contributed by atoms with van der Waals surface area (Å²) < 4.78 is 0. The Morgan fingerprint density at radius 2 is 2.12 bits per heavy atom. The Hall–Kier alpha value is -0.260. The molecule has 0 saturated carbocycles. The predicted molar refractivity (Wildman–Crippen MR) is 69.5 cm³/mol. The second-order valence-corrected chi connectivity index (χ2v) is 5.88. The molecular weight excluding hydrogens is 224 g/mol. The van der Waals surface area contributed by atoms with E-state index in [2.05, 4.69) is 5.32 Å². The summed E-state index contributed by atoms with van der Waals surface area (Å²) >= 11 is 1.55. The molecule has 0 aliphatic carbocycles. The molecule has 2 atom stereocenters. The highest BCUT2D eigenvalue weighted by molar-refractivity contribution is 7.99. The number of carbonyl (C=O) groups is 1. The van der Waals surface area contributed by atoms with Crippen LogP contribution in [0, 0.1) is 0 Å². The fraction of sp³-hybridized carbons (Fsp3) is 0.909. The first-order chi connectivity index (χ1) is 7.30. The second-order valence-electron chi connectivity index (χ2n) is 4.80. The largest absolute Gasteiger partial charge is 0.395 e. The lowest BCUT2D eigenvalue weighted by Crippen LogP contribution is -2.42. The van der Waals surface area contributed by atoms with Gasteiger partial charge in [0, 0.05) is 23.3 Å². The molecule has 4 nitrogen and oxygen atoms in total. The Bertz CT molecular complexity index is 213. The Morgan fingerprint density at radius 3 is 2.50 bits per heavy atom. The van der Waals surface area contributed by atoms with Crippen LogP contribution >= 0.6 is 11.8 Å². The van der Waals surface area contributed by atoms with E-state index in [-0.39, 0.29) is 29.3 Å². The molecule has 0 aliphatic rings. The van der Waals surface area contributed by atoms with Gasteiger partial charge in [-0.3, -0.25) is 4.79 Å². The van der Waals surface area contributed by atoms with Crippen molar-refractivity contribution in [3.8, 4) is 0 Å². The maximum absolute atomic E-state index is 11.6. The van der Waals surface area contributed by atoms with Crippen LogP contribution in [0.25, 0.3) is 0 Å². The number of nitrogens with one attached hydrogen (secondary N) is 1. The third-order valence-electron chi connectivity index (χ3n) is 2.43. The average Bonchev–Trinajstić information content (AvgIpc) is 2.15. The lowest BCUT2D eigenvalue weighted by atomic mass is 10.00. The number of rotatable bonds is 7. The van der Waals surface area contributed by atoms with Gasteiger partial charge < -0.3 is 16.2 Å². The molecule has 0 rings (SSSR count). The molecule has 2 unspecified atom stereocenters. The number of nitrogens with two attached hydrogens (primary N) is 1. The van der Waals surface area contributed by atoms with Gasteiger partial charge in [0.05, 0.1) is 6.61 Å². The number of hydrogen-bond donors (Lipinski definition) is 3. The Balaban J connectivity index is 3.95. The maximum atomic E-state index is 11.6. The van der Waals surface area contributed by atoms with Crippen LogP contribution in [0.3, 0.4) is 0 Å². The number of carbonyl (C=O) groups excluding carboxylic acids is 1. The van der Waals surface area contributed by atoms with Crippen molar-refractivity contribution in [1.29, 1.82) is 0 Å². The smallest absolute Gasteiger partial charge is 0.220 e. The first-order valence-corrected chi connectivity index (χ1v) is 6.81. The molecular formula is C11H24N2O2S. The van der Waals surface area contributed by atoms with Gasteiger partial charge in [-0.05, 0) is 33.4 Å². The lowest BCUT2D eigenvalue weighted by molar-refractivity contribution is -0.122. The summed E-state index contributed by atoms with van der Waals surface area (Å²) in [4.78, 5) is 11.6. The van der Waals surface area contributed by atoms with Crippen LogP contribution in [0.2, 0.25) is 0 Å². The minimum absolute atomic E-state index is 0.00137. The molecule has 0 aromatic carbocycles. The van der Waals surface area contributed by atoms with Crippen LogP contribution in [-0.2, 0) is 4.79 Å². The van der Waals surface area contributed by atoms with Crippen molar-refractivity contribution in [3.63, 3.8) is 0 Å². The highest BCUT2D eigenvalue weighted by atomic mass is 32.2. The summed E-state index contributed by atoms with van der Waals surface area (Å²) in [5, 5.41) is 12.0. The van der Waals surface area contributed by atoms with Gasteiger partial charge in [-0.2, -0.15) is 11.8 Å². The predicted octanol–water partition coefficient (Wildman–Crippen LogP) is 0.732. The third-order valence-corrected chi connectivity index (χ3v) is 3.59. The molecule has 1 amide bonds. The molecule has 5 heteroatoms. The van der Waals surface area contributed by atoms with E-state index in [1.807, 2.05) is 27.0 Å². The van der Waals surface area contributed by atoms with Crippen molar-refractivity contribution in [2.45, 2.75) is 50.4 Å². The quantitative estimate of drug-likeness (QED) is 0.621. The van der Waals surface area contributed by atoms with E-state index in [1.54, 1.807) is 11.8 Å². The van der Waals surface area contributed by atoms with Crippen molar-refractivity contribution in [1.82, 2.24) is 5.32 Å². The molecule has 0 bridgehead atoms. The molecule has 96 valence electrons. The van der Waals surface area contributed by atoms with Crippen LogP contribution in [0.15, 0.2) is 0 Å². The topological polar surface area (TPSA) is 75.3 Å². The molecule has 0 aromatic rings. The van der Waals surface area contributed by atoms with Gasteiger partial charge in [-0.1, -0.05) is 0 Å². The number of aliphatic hydroxyl groups excluding tert-OH is 1. The van der Waals surface area contributed by atoms with Gasteiger partial charge >= 0.3 is 0 Å². The molecule has 4 N–H and O–H groups in total. The lowest BCUT2D eigenvalue weighted by Gasteiger charge is -2.23. The number of amides is 1. The average molecular weight is 248 g/mol. The SMILES string of the molecule is CSC(CO)C(C)NC(=O)CCC(C)(C)N. The summed E-state index contributed by atoms with van der Waals surface area (Å²) in [6, 6.07) is -0.0200. The van der Waals surface area contributed by atoms with E-state index in [0.29, 0.717) is 12.8 Å². The molecule has 0 spiro atoms. The second kappa shape index (κ2) is 7.14. The van der Waals surface area contributed by atoms with E-state index in [4.69, 9.17) is 10.8 Å². The van der Waals surface area contributed by atoms with Crippen LogP contribution in [-0.4, -0.2) is 40.7 Å². The van der Waals surface area contributed by atoms with Crippen molar-refractivity contribution in [2.24, 2.45) is 5.73 Å². The Labute approximate surface area is 102 Å². The van der Waals surface area contributed by atoms with Gasteiger partial charge in [-0.15, -0.1) is 0 Å². The molecule has 16 heavy (non-hydrogen) atoms. The van der Waals surface area contributed by atoms with Gasteiger partial charge in [-0.25, -0.2) is 0 Å². The molecule has 0 heterocycles. The molecule has 0 saturated heterocycles. The number of hydrogen-bond acceptors (Lipinski definition) is 4. The Morgan fingerprint density at radius 1 is 1.56 bits per heavy atom. The minimum Gasteiger partial charge on any atom is -0.395 e. The summed E-state index contributed by atoms with van der Waals surface area (Å²) in [7, 11) is 0. The first-order valence-electron chi connectivity index (χ1n) is 5.52. The van der Waals surface area contributed by atoms with Crippen LogP contribution < -0.4 is 11.1 Å². The van der Waals surface area contributed by atoms with Gasteiger partial charge in [0.2, 0.25) is 5.91 Å². The Kier molecular flexibility index (Phi) is 7.03. The normalized spacial score (nSPS) is 15.6. The zero-order chi connectivity index (χ0) is 12.8. The molecule has 0 radical (unpaired) electrons. The van der Waals surface area contributed by atoms with E-state index in [1.165, 1.54) is 0 Å². The van der Waals surface area contributed by atoms with Crippen LogP contribution in [0.4, 0.5) is 0 Å². The van der Waals surface area contributed by atoms with E-state index in [9.17, 15) is 4.79 Å². The fourth-order valence-electron chi connectivity index (χ4n) is 1.29. The first kappa shape index (κ1) is 15.7. The minimum atomic E-state index is -0.309. The third kappa shape index (κ3) is 7.09. The van der Waals surface area contributed by atoms with Gasteiger partial charge in [0.1, 0.15) is 0 Å². The summed E-state index contributed by atoms with van der Waals surface area (Å²) in [5.41, 5.74) is 5.49. The zero-order valence-electron chi connectivity index (χ0n) is 10.6.